The maximum absolute atomic E-state index is 12.0. The number of nitrogens with zero attached hydrogens (tertiary/aromatic N) is 4. The molecule has 2 aromatic heterocycles. The predicted octanol–water partition coefficient (Wildman–Crippen LogP) is 1.09. The fraction of sp³-hybridized carbons (Fsp3) is 0.550. The van der Waals surface area contributed by atoms with Crippen LogP contribution in [0.2, 0.25) is 0 Å². The molecular weight excluding hydrogens is 438 g/mol. The third-order valence-corrected chi connectivity index (χ3v) is 4.72. The minimum atomic E-state index is -2.05. The number of aliphatic hydroxyl groups is 2. The zero-order valence-corrected chi connectivity index (χ0v) is 18.5. The molecule has 178 valence electrons. The summed E-state index contributed by atoms with van der Waals surface area (Å²) in [6, 6.07) is 4.84. The van der Waals surface area contributed by atoms with Crippen LogP contribution in [0.5, 0.6) is 0 Å². The van der Waals surface area contributed by atoms with Gasteiger partial charge in [0.2, 0.25) is 5.60 Å². The largest absolute Gasteiger partial charge is 0.508 e. The molecule has 1 amide bonds. The molecule has 3 rings (SSSR count). The number of aliphatic hydroxyl groups excluding tert-OH is 2. The highest BCUT2D eigenvalue weighted by molar-refractivity contribution is 5.88. The summed E-state index contributed by atoms with van der Waals surface area (Å²) in [4.78, 5) is 27.6. The van der Waals surface area contributed by atoms with E-state index < -0.39 is 48.9 Å². The van der Waals surface area contributed by atoms with Crippen LogP contribution in [0.4, 0.5) is 15.4 Å². The third-order valence-electron chi connectivity index (χ3n) is 4.72. The lowest BCUT2D eigenvalue weighted by Crippen LogP contribution is -2.41. The Hall–Kier alpha value is -3.47. The normalized spacial score (nSPS) is 24.6. The predicted molar refractivity (Wildman–Crippen MR) is 110 cm³/mol. The topological polar surface area (TPSA) is 178 Å². The second-order valence-corrected chi connectivity index (χ2v) is 7.87. The standard InChI is InChI=1S/C20H25N5O8/c1-10(2)31-18(28)24-17-12-5-6-14(25(12)23-9-22-17)20(8-21)16(27)15(26)13(33-20)7-30-19(29)32-11(3)4/h5-6,9-11,13,15-16,26-27H,7H2,1-4H3,(H,22,23,24,28)/t13-,15-,16-,20+/m1/s1. The highest BCUT2D eigenvalue weighted by Crippen LogP contribution is 2.40. The SMILES string of the molecule is CC(C)OC(=O)Nc1ncnn2c([C@]3(C#N)O[C@H](COC(=O)OC(C)C)[C@@H](O)[C@H]3O)ccc12. The lowest BCUT2D eigenvalue weighted by atomic mass is 9.92. The molecule has 2 aromatic rings. The number of carbonyl (C=O) groups excluding carboxylic acids is 2. The molecule has 0 aliphatic carbocycles. The van der Waals surface area contributed by atoms with Gasteiger partial charge >= 0.3 is 12.2 Å². The Morgan fingerprint density at radius 1 is 1.27 bits per heavy atom. The first kappa shape index (κ1) is 24.2. The molecule has 13 heteroatoms. The van der Waals surface area contributed by atoms with E-state index in [2.05, 4.69) is 15.4 Å². The first-order chi connectivity index (χ1) is 15.6. The fourth-order valence-electron chi connectivity index (χ4n) is 3.34. The van der Waals surface area contributed by atoms with Crippen molar-refractivity contribution in [2.24, 2.45) is 0 Å². The molecule has 1 aliphatic rings. The van der Waals surface area contributed by atoms with Crippen LogP contribution in [0.25, 0.3) is 5.52 Å². The second kappa shape index (κ2) is 9.57. The van der Waals surface area contributed by atoms with Crippen molar-refractivity contribution in [3.05, 3.63) is 24.2 Å². The average molecular weight is 463 g/mol. The number of rotatable bonds is 6. The summed E-state index contributed by atoms with van der Waals surface area (Å²) in [6.07, 6.45) is -5.82. The van der Waals surface area contributed by atoms with Gasteiger partial charge in [-0.2, -0.15) is 10.4 Å². The summed E-state index contributed by atoms with van der Waals surface area (Å²) in [5.41, 5.74) is -1.69. The molecule has 1 saturated heterocycles. The number of hydrogen-bond acceptors (Lipinski definition) is 11. The van der Waals surface area contributed by atoms with Gasteiger partial charge in [-0.25, -0.2) is 19.1 Å². The molecule has 3 heterocycles. The van der Waals surface area contributed by atoms with Crippen molar-refractivity contribution in [3.63, 3.8) is 0 Å². The van der Waals surface area contributed by atoms with Crippen LogP contribution >= 0.6 is 0 Å². The van der Waals surface area contributed by atoms with E-state index in [4.69, 9.17) is 18.9 Å². The van der Waals surface area contributed by atoms with Gasteiger partial charge in [0.1, 0.15) is 42.8 Å². The number of carbonyl (C=O) groups is 2. The minimum Gasteiger partial charge on any atom is -0.447 e. The molecule has 1 fully saturated rings. The maximum Gasteiger partial charge on any atom is 0.508 e. The van der Waals surface area contributed by atoms with Crippen molar-refractivity contribution in [2.45, 2.75) is 63.8 Å². The van der Waals surface area contributed by atoms with E-state index in [0.29, 0.717) is 0 Å². The number of fused-ring (bicyclic) bond motifs is 1. The number of aromatic nitrogens is 3. The number of nitriles is 1. The van der Waals surface area contributed by atoms with Gasteiger partial charge in [-0.3, -0.25) is 5.32 Å². The van der Waals surface area contributed by atoms with E-state index in [1.165, 1.54) is 16.6 Å². The van der Waals surface area contributed by atoms with E-state index in [1.807, 2.05) is 6.07 Å². The highest BCUT2D eigenvalue weighted by Gasteiger charge is 2.57. The molecule has 0 bridgehead atoms. The Labute approximate surface area is 188 Å². The van der Waals surface area contributed by atoms with Crippen molar-refractivity contribution in [3.8, 4) is 6.07 Å². The smallest absolute Gasteiger partial charge is 0.447 e. The number of nitrogens with one attached hydrogen (secondary N) is 1. The van der Waals surface area contributed by atoms with E-state index >= 15 is 0 Å². The monoisotopic (exact) mass is 463 g/mol. The van der Waals surface area contributed by atoms with Gasteiger partial charge in [-0.1, -0.05) is 0 Å². The fourth-order valence-corrected chi connectivity index (χ4v) is 3.34. The zero-order valence-electron chi connectivity index (χ0n) is 18.5. The number of amides is 1. The Morgan fingerprint density at radius 2 is 1.97 bits per heavy atom. The van der Waals surface area contributed by atoms with Gasteiger partial charge in [0.15, 0.2) is 5.82 Å². The Morgan fingerprint density at radius 3 is 2.61 bits per heavy atom. The average Bonchev–Trinajstić information content (AvgIpc) is 3.27. The molecule has 13 nitrogen and oxygen atoms in total. The van der Waals surface area contributed by atoms with Gasteiger partial charge in [-0.15, -0.1) is 0 Å². The minimum absolute atomic E-state index is 0.0708. The van der Waals surface area contributed by atoms with E-state index in [-0.39, 0.29) is 23.1 Å². The maximum atomic E-state index is 12.0. The Balaban J connectivity index is 1.88. The summed E-state index contributed by atoms with van der Waals surface area (Å²) in [5, 5.41) is 37.7. The summed E-state index contributed by atoms with van der Waals surface area (Å²) in [5.74, 6) is 0.0966. The summed E-state index contributed by atoms with van der Waals surface area (Å²) >= 11 is 0. The molecule has 1 aliphatic heterocycles. The van der Waals surface area contributed by atoms with Crippen LogP contribution < -0.4 is 5.32 Å². The van der Waals surface area contributed by atoms with Gasteiger partial charge < -0.3 is 29.2 Å². The van der Waals surface area contributed by atoms with Gasteiger partial charge in [-0.05, 0) is 39.8 Å². The number of hydrogen-bond donors (Lipinski definition) is 3. The van der Waals surface area contributed by atoms with Crippen molar-refractivity contribution in [1.82, 2.24) is 14.6 Å². The Bertz CT molecular complexity index is 1060. The van der Waals surface area contributed by atoms with Gasteiger partial charge in [0.05, 0.1) is 17.9 Å². The summed E-state index contributed by atoms with van der Waals surface area (Å²) < 4.78 is 21.8. The zero-order chi connectivity index (χ0) is 24.3. The van der Waals surface area contributed by atoms with Crippen LogP contribution in [-0.2, 0) is 24.5 Å². The molecular formula is C20H25N5O8. The quantitative estimate of drug-likeness (QED) is 0.522. The van der Waals surface area contributed by atoms with Crippen molar-refractivity contribution < 1.29 is 38.7 Å². The van der Waals surface area contributed by atoms with E-state index in [9.17, 15) is 25.1 Å². The molecule has 0 spiro atoms. The first-order valence-corrected chi connectivity index (χ1v) is 10.2. The molecule has 0 aromatic carbocycles. The molecule has 3 N–H and O–H groups in total. The molecule has 4 atom stereocenters. The summed E-state index contributed by atoms with van der Waals surface area (Å²) in [7, 11) is 0. The number of anilines is 1. The highest BCUT2D eigenvalue weighted by atomic mass is 16.7. The van der Waals surface area contributed by atoms with Crippen molar-refractivity contribution in [1.29, 1.82) is 5.26 Å². The Kier molecular flexibility index (Phi) is 7.01. The summed E-state index contributed by atoms with van der Waals surface area (Å²) in [6.45, 7) is 6.19. The van der Waals surface area contributed by atoms with Crippen molar-refractivity contribution >= 4 is 23.6 Å². The lowest BCUT2D eigenvalue weighted by molar-refractivity contribution is -0.0737. The van der Waals surface area contributed by atoms with Gasteiger partial charge in [0, 0.05) is 0 Å². The molecule has 0 saturated carbocycles. The number of ether oxygens (including phenoxy) is 4. The molecule has 0 radical (unpaired) electrons. The van der Waals surface area contributed by atoms with E-state index in [0.717, 1.165) is 6.33 Å². The third kappa shape index (κ3) is 4.82. The lowest BCUT2D eigenvalue weighted by Gasteiger charge is -2.24. The van der Waals surface area contributed by atoms with E-state index in [1.54, 1.807) is 27.7 Å². The second-order valence-electron chi connectivity index (χ2n) is 7.87. The van der Waals surface area contributed by atoms with Crippen LogP contribution in [0.1, 0.15) is 33.4 Å². The first-order valence-electron chi connectivity index (χ1n) is 10.2. The molecule has 33 heavy (non-hydrogen) atoms. The molecule has 0 unspecified atom stereocenters. The van der Waals surface area contributed by atoms with Gasteiger partial charge in [0.25, 0.3) is 0 Å². The van der Waals surface area contributed by atoms with Crippen molar-refractivity contribution in [2.75, 3.05) is 11.9 Å². The van der Waals surface area contributed by atoms with Crippen LogP contribution in [0.3, 0.4) is 0 Å². The van der Waals surface area contributed by atoms with Crippen LogP contribution in [0.15, 0.2) is 18.5 Å². The van der Waals surface area contributed by atoms with Crippen LogP contribution in [0, 0.1) is 11.3 Å². The van der Waals surface area contributed by atoms with Crippen LogP contribution in [-0.4, -0.2) is 74.2 Å².